The van der Waals surface area contributed by atoms with Gasteiger partial charge in [0.1, 0.15) is 0 Å². The summed E-state index contributed by atoms with van der Waals surface area (Å²) in [5.41, 5.74) is 0. The molecule has 0 aromatic heterocycles. The molecule has 4 heteroatoms. The van der Waals surface area contributed by atoms with Crippen LogP contribution in [0.5, 0.6) is 0 Å². The molecule has 0 aliphatic rings. The summed E-state index contributed by atoms with van der Waals surface area (Å²) in [6.07, 6.45) is 0. The molecule has 0 aromatic rings. The van der Waals surface area contributed by atoms with Gasteiger partial charge in [-0.25, -0.2) is 0 Å². The maximum absolute atomic E-state index is 0. The van der Waals surface area contributed by atoms with E-state index in [0.717, 1.165) is 0 Å². The first-order valence-electron chi connectivity index (χ1n) is 0. The molecule has 0 nitrogen and oxygen atoms in total. The molecule has 0 rings (SSSR count). The van der Waals surface area contributed by atoms with E-state index >= 15 is 0 Å². The smallest absolute Gasteiger partial charge is 0 e. The van der Waals surface area contributed by atoms with Gasteiger partial charge >= 0.3 is 0 Å². The second-order valence-corrected chi connectivity index (χ2v) is 0. The quantitative estimate of drug-likeness (QED) is 0.527. The largest absolute Gasteiger partial charge is 0 e. The van der Waals surface area contributed by atoms with Gasteiger partial charge in [0.2, 0.25) is 0 Å². The summed E-state index contributed by atoms with van der Waals surface area (Å²) >= 11 is 0. The second-order valence-electron chi connectivity index (χ2n) is 0. The Balaban J connectivity index is 0. The third-order valence-corrected chi connectivity index (χ3v) is 0. The first-order chi connectivity index (χ1) is 0. The minimum Gasteiger partial charge on any atom is 0 e. The van der Waals surface area contributed by atoms with Crippen LogP contribution >= 0.6 is 0 Å². The summed E-state index contributed by atoms with van der Waals surface area (Å²) in [7, 11) is 0. The maximum Gasteiger partial charge on any atom is 0 e. The summed E-state index contributed by atoms with van der Waals surface area (Å²) in [5, 5.41) is 0. The van der Waals surface area contributed by atoms with E-state index in [9.17, 15) is 0 Å². The van der Waals surface area contributed by atoms with Gasteiger partial charge in [0.05, 0.1) is 0 Å². The molecule has 0 heterocycles. The Hall–Kier alpha value is 2.70. The van der Waals surface area contributed by atoms with Crippen LogP contribution in [-0.4, -0.2) is 0 Å². The van der Waals surface area contributed by atoms with Crippen molar-refractivity contribution in [2.45, 2.75) is 0 Å². The van der Waals surface area contributed by atoms with Crippen molar-refractivity contribution in [2.24, 2.45) is 0 Å². The minimum atomic E-state index is 0. The van der Waals surface area contributed by atoms with Gasteiger partial charge in [-0.15, -0.1) is 0 Å². The topological polar surface area (TPSA) is 0 Å². The second kappa shape index (κ2) is 17.3. The Kier molecular flexibility index (Phi) is 129. The Morgan fingerprint density at radius 2 is 1.00 bits per heavy atom. The summed E-state index contributed by atoms with van der Waals surface area (Å²) < 4.78 is 0. The van der Waals surface area contributed by atoms with E-state index in [1.807, 2.05) is 0 Å². The molecule has 4 heavy (non-hydrogen) atoms. The number of hydrogen-bond acceptors (Lipinski definition) is 0. The summed E-state index contributed by atoms with van der Waals surface area (Å²) in [4.78, 5) is 0. The summed E-state index contributed by atoms with van der Waals surface area (Å²) in [5.74, 6) is 0. The van der Waals surface area contributed by atoms with Crippen LogP contribution in [-0.2, 0) is 83.5 Å². The molecule has 0 fully saturated rings. The van der Waals surface area contributed by atoms with Crippen LogP contribution in [0.4, 0.5) is 0 Å². The van der Waals surface area contributed by atoms with E-state index in [1.54, 1.807) is 0 Å². The van der Waals surface area contributed by atoms with Gasteiger partial charge in [0.15, 0.2) is 0 Å². The zero-order valence-corrected chi connectivity index (χ0v) is 8.32. The van der Waals surface area contributed by atoms with E-state index in [1.165, 1.54) is 0 Å². The van der Waals surface area contributed by atoms with Crippen LogP contribution in [0.3, 0.4) is 0 Å². The molecule has 1 radical (unpaired) electrons. The predicted octanol–water partition coefficient (Wildman–Crippen LogP) is -0.0100. The van der Waals surface area contributed by atoms with Crippen molar-refractivity contribution in [1.82, 2.24) is 0 Å². The van der Waals surface area contributed by atoms with Crippen molar-refractivity contribution in [1.29, 1.82) is 0 Å². The van der Waals surface area contributed by atoms with Crippen LogP contribution in [0.15, 0.2) is 0 Å². The fraction of sp³-hybridized carbons (Fsp3) is 0. The Morgan fingerprint density at radius 1 is 1.00 bits per heavy atom. The van der Waals surface area contributed by atoms with Crippen molar-refractivity contribution < 1.29 is 83.5 Å². The molecule has 0 atom stereocenters. The monoisotopic (exact) mass is 245 g/mol. The molecule has 0 saturated carbocycles. The van der Waals surface area contributed by atoms with Gasteiger partial charge in [0.25, 0.3) is 0 Å². The molecular weight excluding hydrogens is 246 g/mol. The van der Waals surface area contributed by atoms with Gasteiger partial charge in [-0.2, -0.15) is 0 Å². The fourth-order valence-corrected chi connectivity index (χ4v) is 0. The molecular formula is FeTiVZr. The van der Waals surface area contributed by atoms with Crippen molar-refractivity contribution in [3.05, 3.63) is 0 Å². The molecule has 0 spiro atoms. The molecule has 0 aliphatic heterocycles. The van der Waals surface area contributed by atoms with Crippen molar-refractivity contribution in [3.63, 3.8) is 0 Å². The normalized spacial score (nSPS) is 0. The van der Waals surface area contributed by atoms with Crippen LogP contribution in [0.25, 0.3) is 0 Å². The van der Waals surface area contributed by atoms with Gasteiger partial charge in [-0.1, -0.05) is 0 Å². The minimum absolute atomic E-state index is 0. The summed E-state index contributed by atoms with van der Waals surface area (Å²) in [6, 6.07) is 0. The Morgan fingerprint density at radius 3 is 1.00 bits per heavy atom. The van der Waals surface area contributed by atoms with E-state index in [2.05, 4.69) is 0 Å². The first-order valence-corrected chi connectivity index (χ1v) is 0. The van der Waals surface area contributed by atoms with E-state index in [4.69, 9.17) is 0 Å². The third kappa shape index (κ3) is 8.83. The number of hydrogen-bond donors (Lipinski definition) is 0. The standard InChI is InChI=1S/Fe.Ti.V.Zr. The molecule has 0 unspecified atom stereocenters. The third-order valence-electron chi connectivity index (χ3n) is 0. The summed E-state index contributed by atoms with van der Waals surface area (Å²) in [6.45, 7) is 0. The van der Waals surface area contributed by atoms with Crippen LogP contribution in [0, 0.1) is 0 Å². The molecule has 0 aliphatic carbocycles. The SMILES string of the molecule is [Fe].[Ti].[V].[Zr]. The fourth-order valence-electron chi connectivity index (χ4n) is 0. The Labute approximate surface area is 82.2 Å². The van der Waals surface area contributed by atoms with Crippen LogP contribution in [0.2, 0.25) is 0 Å². The van der Waals surface area contributed by atoms with Gasteiger partial charge in [-0.05, 0) is 0 Å². The first kappa shape index (κ1) is 29.9. The number of rotatable bonds is 0. The molecule has 0 saturated heterocycles. The van der Waals surface area contributed by atoms with Gasteiger partial charge in [-0.3, -0.25) is 0 Å². The Bertz CT molecular complexity index is 8.00. The van der Waals surface area contributed by atoms with Crippen molar-refractivity contribution in [2.75, 3.05) is 0 Å². The van der Waals surface area contributed by atoms with E-state index < -0.39 is 0 Å². The molecule has 0 amide bonds. The van der Waals surface area contributed by atoms with Crippen LogP contribution < -0.4 is 0 Å². The van der Waals surface area contributed by atoms with E-state index in [0.29, 0.717) is 0 Å². The van der Waals surface area contributed by atoms with Gasteiger partial charge in [0, 0.05) is 83.5 Å². The molecule has 21 valence electrons. The zero-order valence-electron chi connectivity index (χ0n) is 1.80. The zero-order chi connectivity index (χ0) is 0. The average Bonchev–Trinajstić information content (AvgIpc) is 0. The van der Waals surface area contributed by atoms with Gasteiger partial charge < -0.3 is 0 Å². The molecule has 0 bridgehead atoms. The van der Waals surface area contributed by atoms with E-state index in [-0.39, 0.29) is 83.5 Å². The maximum atomic E-state index is 0. The van der Waals surface area contributed by atoms with Crippen molar-refractivity contribution in [3.8, 4) is 0 Å². The van der Waals surface area contributed by atoms with Crippen LogP contribution in [0.1, 0.15) is 0 Å². The molecule has 0 aromatic carbocycles. The predicted molar refractivity (Wildman–Crippen MR) is 0 cm³/mol. The molecule has 0 N–H and O–H groups in total. The van der Waals surface area contributed by atoms with Crippen molar-refractivity contribution >= 4 is 0 Å². The average molecular weight is 246 g/mol.